The Balaban J connectivity index is 1.59. The minimum atomic E-state index is -0.762. The molecule has 8 rings (SSSR count). The molecule has 1 heterocycles. The fourth-order valence-corrected chi connectivity index (χ4v) is 6.66. The van der Waals surface area contributed by atoms with Crippen LogP contribution in [0.25, 0.3) is 76.9 Å². The Morgan fingerprint density at radius 3 is 1.59 bits per heavy atom. The van der Waals surface area contributed by atoms with E-state index in [-0.39, 0.29) is 11.1 Å². The molecule has 0 saturated carbocycles. The van der Waals surface area contributed by atoms with Gasteiger partial charge < -0.3 is 24.8 Å². The Hall–Kier alpha value is -5.94. The molecule has 8 aromatic rings. The van der Waals surface area contributed by atoms with Crippen molar-refractivity contribution in [2.75, 3.05) is 0 Å². The number of hydrogen-bond acceptors (Lipinski definition) is 5. The highest BCUT2D eigenvalue weighted by molar-refractivity contribution is 6.26. The maximum Gasteiger partial charge on any atom is 0.204 e. The van der Waals surface area contributed by atoms with Crippen LogP contribution in [0.3, 0.4) is 0 Å². The number of fused-ring (bicyclic) bond motifs is 5. The molecule has 212 valence electrons. The van der Waals surface area contributed by atoms with Gasteiger partial charge in [0.1, 0.15) is 11.2 Å². The van der Waals surface area contributed by atoms with Crippen LogP contribution in [0.5, 0.6) is 23.0 Å². The molecule has 44 heavy (non-hydrogen) atoms. The second kappa shape index (κ2) is 9.54. The van der Waals surface area contributed by atoms with Crippen molar-refractivity contribution in [3.8, 4) is 56.4 Å². The minimum Gasteiger partial charge on any atom is -0.504 e. The van der Waals surface area contributed by atoms with Crippen molar-refractivity contribution in [3.05, 3.63) is 121 Å². The second-order valence-electron chi connectivity index (χ2n) is 11.1. The molecular formula is C39H26O5. The number of rotatable bonds is 3. The van der Waals surface area contributed by atoms with Crippen molar-refractivity contribution in [1.82, 2.24) is 0 Å². The number of furan rings is 1. The predicted molar refractivity (Wildman–Crippen MR) is 176 cm³/mol. The highest BCUT2D eigenvalue weighted by Crippen LogP contribution is 2.55. The average molecular weight is 575 g/mol. The normalized spacial score (nSPS) is 11.7. The zero-order valence-corrected chi connectivity index (χ0v) is 23.7. The summed E-state index contributed by atoms with van der Waals surface area (Å²) in [6.45, 7) is 1.62. The van der Waals surface area contributed by atoms with Gasteiger partial charge in [0, 0.05) is 27.5 Å². The van der Waals surface area contributed by atoms with Crippen molar-refractivity contribution in [2.45, 2.75) is 6.92 Å². The molecule has 0 aliphatic rings. The average Bonchev–Trinajstić information content (AvgIpc) is 3.45. The highest BCUT2D eigenvalue weighted by atomic mass is 16.3. The van der Waals surface area contributed by atoms with Gasteiger partial charge in [0.15, 0.2) is 11.5 Å². The van der Waals surface area contributed by atoms with Gasteiger partial charge in [-0.1, -0.05) is 97.1 Å². The third-order valence-corrected chi connectivity index (χ3v) is 8.68. The summed E-state index contributed by atoms with van der Waals surface area (Å²) in [4.78, 5) is 0. The van der Waals surface area contributed by atoms with Crippen LogP contribution in [0, 0.1) is 6.92 Å². The SMILES string of the molecule is Cc1c(O)c(O)c(O)c(O)c1-c1c2ccccc2c(-c2cc(-c3ccccc3)cc3oc4ccccc4c23)c2ccccc12. The molecule has 0 spiro atoms. The number of para-hydroxylation sites is 1. The van der Waals surface area contributed by atoms with Gasteiger partial charge in [-0.05, 0) is 68.9 Å². The Bertz CT molecular complexity index is 2350. The number of phenols is 4. The van der Waals surface area contributed by atoms with Crippen LogP contribution >= 0.6 is 0 Å². The maximum atomic E-state index is 11.2. The maximum absolute atomic E-state index is 11.2. The summed E-state index contributed by atoms with van der Waals surface area (Å²) in [5, 5.41) is 48.3. The van der Waals surface area contributed by atoms with Crippen molar-refractivity contribution in [1.29, 1.82) is 0 Å². The first-order valence-corrected chi connectivity index (χ1v) is 14.4. The van der Waals surface area contributed by atoms with E-state index in [1.807, 2.05) is 72.8 Å². The highest BCUT2D eigenvalue weighted by Gasteiger charge is 2.27. The number of phenolic OH excluding ortho intramolecular Hbond substituents is 4. The van der Waals surface area contributed by atoms with E-state index in [2.05, 4.69) is 42.5 Å². The van der Waals surface area contributed by atoms with Crippen molar-refractivity contribution >= 4 is 43.5 Å². The summed E-state index contributed by atoms with van der Waals surface area (Å²) in [6, 6.07) is 38.5. The minimum absolute atomic E-state index is 0.258. The van der Waals surface area contributed by atoms with E-state index in [0.29, 0.717) is 5.56 Å². The van der Waals surface area contributed by atoms with Crippen molar-refractivity contribution in [3.63, 3.8) is 0 Å². The molecule has 0 amide bonds. The molecule has 4 N–H and O–H groups in total. The Morgan fingerprint density at radius 1 is 0.432 bits per heavy atom. The van der Waals surface area contributed by atoms with Crippen LogP contribution in [0.4, 0.5) is 0 Å². The fraction of sp³-hybridized carbons (Fsp3) is 0.0256. The van der Waals surface area contributed by atoms with Crippen LogP contribution in [0.2, 0.25) is 0 Å². The zero-order valence-electron chi connectivity index (χ0n) is 23.7. The summed E-state index contributed by atoms with van der Waals surface area (Å²) in [6.07, 6.45) is 0. The van der Waals surface area contributed by atoms with Crippen LogP contribution in [0.1, 0.15) is 5.56 Å². The molecule has 0 atom stereocenters. The number of benzene rings is 7. The molecule has 0 bridgehead atoms. The lowest BCUT2D eigenvalue weighted by Crippen LogP contribution is -1.94. The molecule has 1 aromatic heterocycles. The monoisotopic (exact) mass is 574 g/mol. The second-order valence-corrected chi connectivity index (χ2v) is 11.1. The summed E-state index contributed by atoms with van der Waals surface area (Å²) < 4.78 is 6.45. The van der Waals surface area contributed by atoms with E-state index >= 15 is 0 Å². The van der Waals surface area contributed by atoms with Gasteiger partial charge in [0.2, 0.25) is 11.5 Å². The Labute approximate surface area is 252 Å². The molecule has 5 heteroatoms. The van der Waals surface area contributed by atoms with Crippen LogP contribution in [0.15, 0.2) is 120 Å². The van der Waals surface area contributed by atoms with Gasteiger partial charge in [0.05, 0.1) is 0 Å². The van der Waals surface area contributed by atoms with Gasteiger partial charge in [-0.3, -0.25) is 0 Å². The van der Waals surface area contributed by atoms with Gasteiger partial charge in [-0.25, -0.2) is 0 Å². The third kappa shape index (κ3) is 3.59. The van der Waals surface area contributed by atoms with E-state index in [0.717, 1.165) is 65.7 Å². The molecule has 7 aromatic carbocycles. The fourth-order valence-electron chi connectivity index (χ4n) is 6.66. The lowest BCUT2D eigenvalue weighted by atomic mass is 9.83. The molecule has 0 aliphatic carbocycles. The van der Waals surface area contributed by atoms with Crippen LogP contribution < -0.4 is 0 Å². The number of aromatic hydroxyl groups is 4. The first kappa shape index (κ1) is 25.7. The van der Waals surface area contributed by atoms with E-state index < -0.39 is 23.0 Å². The predicted octanol–water partition coefficient (Wildman–Crippen LogP) is 10.0. The summed E-state index contributed by atoms with van der Waals surface area (Å²) >= 11 is 0. The third-order valence-electron chi connectivity index (χ3n) is 8.68. The van der Waals surface area contributed by atoms with Gasteiger partial charge >= 0.3 is 0 Å². The van der Waals surface area contributed by atoms with E-state index in [4.69, 9.17) is 4.42 Å². The van der Waals surface area contributed by atoms with E-state index in [1.165, 1.54) is 0 Å². The topological polar surface area (TPSA) is 94.1 Å². The summed E-state index contributed by atoms with van der Waals surface area (Å²) in [5.41, 5.74) is 6.83. The molecule has 0 unspecified atom stereocenters. The van der Waals surface area contributed by atoms with Gasteiger partial charge in [-0.2, -0.15) is 0 Å². The van der Waals surface area contributed by atoms with E-state index in [9.17, 15) is 20.4 Å². The standard InChI is InChI=1S/C39H26O5/c1-21-32(37(41)39(43)38(42)36(21)40)35-26-15-7-5-13-24(26)33(25-14-6-8-16-27(25)35)29-19-23(22-11-3-2-4-12-22)20-31-34(29)28-17-9-10-18-30(28)44-31/h2-20,40-43H,1H3. The first-order chi connectivity index (χ1) is 21.4. The first-order valence-electron chi connectivity index (χ1n) is 14.4. The zero-order chi connectivity index (χ0) is 30.1. The van der Waals surface area contributed by atoms with Crippen molar-refractivity contribution in [2.24, 2.45) is 0 Å². The smallest absolute Gasteiger partial charge is 0.204 e. The summed E-state index contributed by atoms with van der Waals surface area (Å²) in [7, 11) is 0. The van der Waals surface area contributed by atoms with Crippen LogP contribution in [-0.2, 0) is 0 Å². The summed E-state index contributed by atoms with van der Waals surface area (Å²) in [5.74, 6) is -2.48. The molecular weight excluding hydrogens is 548 g/mol. The Morgan fingerprint density at radius 2 is 0.955 bits per heavy atom. The molecule has 0 aliphatic heterocycles. The molecule has 0 fully saturated rings. The quantitative estimate of drug-likeness (QED) is 0.0957. The molecule has 0 saturated heterocycles. The molecule has 5 nitrogen and oxygen atoms in total. The van der Waals surface area contributed by atoms with Crippen LogP contribution in [-0.4, -0.2) is 20.4 Å². The van der Waals surface area contributed by atoms with E-state index in [1.54, 1.807) is 6.92 Å². The van der Waals surface area contributed by atoms with Crippen molar-refractivity contribution < 1.29 is 24.8 Å². The van der Waals surface area contributed by atoms with Gasteiger partial charge in [0.25, 0.3) is 0 Å². The lowest BCUT2D eigenvalue weighted by molar-refractivity contribution is 0.345. The molecule has 0 radical (unpaired) electrons. The number of hydrogen-bond donors (Lipinski definition) is 4. The van der Waals surface area contributed by atoms with Gasteiger partial charge in [-0.15, -0.1) is 0 Å². The Kier molecular flexibility index (Phi) is 5.58. The lowest BCUT2D eigenvalue weighted by Gasteiger charge is -2.21. The largest absolute Gasteiger partial charge is 0.504 e.